The van der Waals surface area contributed by atoms with Gasteiger partial charge < -0.3 is 77.3 Å². The zero-order valence-corrected chi connectivity index (χ0v) is 54.4. The lowest BCUT2D eigenvalue weighted by Gasteiger charge is -2.61. The van der Waals surface area contributed by atoms with Crippen molar-refractivity contribution in [1.82, 2.24) is 0 Å². The van der Waals surface area contributed by atoms with Gasteiger partial charge in [-0.3, -0.25) is 9.59 Å². The van der Waals surface area contributed by atoms with Crippen LogP contribution in [0.2, 0.25) is 0 Å². The minimum atomic E-state index is -1.40. The molecule has 0 amide bonds. The van der Waals surface area contributed by atoms with Gasteiger partial charge in [-0.05, 0) is 196 Å². The van der Waals surface area contributed by atoms with E-state index in [0.717, 1.165) is 116 Å². The topological polar surface area (TPSA) is 260 Å². The van der Waals surface area contributed by atoms with Gasteiger partial charge in [0, 0.05) is 0 Å². The smallest absolute Gasteiger partial charge is 0.332 e. The van der Waals surface area contributed by atoms with E-state index in [0.29, 0.717) is 87.0 Å². The fourth-order valence-corrected chi connectivity index (χ4v) is 19.7. The van der Waals surface area contributed by atoms with Crippen LogP contribution in [0.25, 0.3) is 0 Å². The third-order valence-corrected chi connectivity index (χ3v) is 24.3. The number of esters is 4. The summed E-state index contributed by atoms with van der Waals surface area (Å²) in [5, 5.41) is 39.0. The fourth-order valence-electron chi connectivity index (χ4n) is 19.7. The van der Waals surface area contributed by atoms with E-state index in [1.807, 2.05) is 13.8 Å². The zero-order valence-electron chi connectivity index (χ0n) is 54.4. The molecule has 88 heavy (non-hydrogen) atoms. The van der Waals surface area contributed by atoms with E-state index < -0.39 is 74.3 Å². The summed E-state index contributed by atoms with van der Waals surface area (Å²) in [5.74, 6) is 1.05. The Bertz CT molecular complexity index is 2010. The van der Waals surface area contributed by atoms with Crippen molar-refractivity contribution in [2.45, 2.75) is 182 Å². The lowest BCUT2D eigenvalue weighted by molar-refractivity contribution is -0.189. The lowest BCUT2D eigenvalue weighted by Crippen LogP contribution is -2.54. The molecule has 2 unspecified atom stereocenters. The summed E-state index contributed by atoms with van der Waals surface area (Å²) in [5.41, 5.74) is 0.306. The first-order chi connectivity index (χ1) is 42.4. The zero-order chi connectivity index (χ0) is 62.9. The Morgan fingerprint density at radius 1 is 0.398 bits per heavy atom. The third-order valence-electron chi connectivity index (χ3n) is 24.3. The normalized spacial score (nSPS) is 36.2. The van der Waals surface area contributed by atoms with Crippen molar-refractivity contribution in [3.63, 3.8) is 0 Å². The van der Waals surface area contributed by atoms with Crippen molar-refractivity contribution in [2.24, 2.45) is 92.7 Å². The SMILES string of the molecule is C[C@H](C(=O)OCC(OC(=O)COCCOCCOCCOCCO)C(COC(=O)[C@@H](C)[C@H]1CC[C@H]2[C@@H]3CC[C@H]4C[C@@H](O)CC[C@]4(C)[C@H]3CC[C@]12C)OC(=O)COCCOCCOCCOCCO)[C@H]1CC[C@H]2[C@@H]3CC[C@H]4C[C@@H](O)CC[C@]4(C)[C@H]3CC[C@]12C. The van der Waals surface area contributed by atoms with Crippen molar-refractivity contribution in [3.05, 3.63) is 0 Å². The molecule has 8 saturated carbocycles. The van der Waals surface area contributed by atoms with Gasteiger partial charge in [-0.15, -0.1) is 0 Å². The van der Waals surface area contributed by atoms with Crippen LogP contribution < -0.4 is 0 Å². The molecular weight excluding hydrogens is 1140 g/mol. The lowest BCUT2D eigenvalue weighted by atomic mass is 9.44. The summed E-state index contributed by atoms with van der Waals surface area (Å²) in [6.45, 7) is 15.0. The maximum absolute atomic E-state index is 14.6. The molecule has 0 aliphatic heterocycles. The highest BCUT2D eigenvalue weighted by molar-refractivity contribution is 5.74. The molecular formula is C68H114O20. The van der Waals surface area contributed by atoms with Crippen molar-refractivity contribution in [3.8, 4) is 0 Å². The Hall–Kier alpha value is -2.60. The molecule has 0 spiro atoms. The van der Waals surface area contributed by atoms with E-state index in [-0.39, 0.29) is 112 Å². The number of fused-ring (bicyclic) bond motifs is 10. The van der Waals surface area contributed by atoms with Crippen LogP contribution >= 0.6 is 0 Å². The Balaban J connectivity index is 0.925. The Kier molecular flexibility index (Phi) is 27.5. The van der Waals surface area contributed by atoms with Crippen LogP contribution in [0.1, 0.15) is 157 Å². The first-order valence-electron chi connectivity index (χ1n) is 34.3. The van der Waals surface area contributed by atoms with Gasteiger partial charge in [-0.2, -0.15) is 0 Å². The molecule has 8 rings (SSSR count). The van der Waals surface area contributed by atoms with Gasteiger partial charge in [0.1, 0.15) is 26.4 Å². The van der Waals surface area contributed by atoms with Crippen LogP contribution in [0.3, 0.4) is 0 Å². The molecule has 0 saturated heterocycles. The minimum Gasteiger partial charge on any atom is -0.461 e. The molecule has 20 atom stereocenters. The van der Waals surface area contributed by atoms with Crippen molar-refractivity contribution < 1.29 is 96.4 Å². The highest BCUT2D eigenvalue weighted by atomic mass is 16.6. The number of ether oxygens (including phenoxy) is 12. The summed E-state index contributed by atoms with van der Waals surface area (Å²) in [6.07, 6.45) is 15.2. The Morgan fingerprint density at radius 3 is 1.07 bits per heavy atom. The van der Waals surface area contributed by atoms with Crippen LogP contribution in [0.15, 0.2) is 0 Å². The van der Waals surface area contributed by atoms with Crippen LogP contribution in [0.4, 0.5) is 0 Å². The minimum absolute atomic E-state index is 0.0479. The largest absolute Gasteiger partial charge is 0.461 e. The molecule has 0 radical (unpaired) electrons. The summed E-state index contributed by atoms with van der Waals surface area (Å²) >= 11 is 0. The Labute approximate surface area is 524 Å². The second-order valence-corrected chi connectivity index (χ2v) is 28.7. The highest BCUT2D eigenvalue weighted by Gasteiger charge is 2.63. The quantitative estimate of drug-likeness (QED) is 0.0270. The van der Waals surface area contributed by atoms with E-state index in [4.69, 9.17) is 67.1 Å². The van der Waals surface area contributed by atoms with Crippen LogP contribution in [0.5, 0.6) is 0 Å². The first kappa shape index (κ1) is 71.3. The molecule has 0 heterocycles. The molecule has 8 fully saturated rings. The number of hydrogen-bond acceptors (Lipinski definition) is 20. The van der Waals surface area contributed by atoms with Crippen molar-refractivity contribution in [1.29, 1.82) is 0 Å². The molecule has 0 bridgehead atoms. The molecule has 20 nitrogen and oxygen atoms in total. The molecule has 4 N–H and O–H groups in total. The van der Waals surface area contributed by atoms with Crippen LogP contribution in [0, 0.1) is 92.7 Å². The van der Waals surface area contributed by atoms with E-state index in [9.17, 15) is 29.4 Å². The summed E-state index contributed by atoms with van der Waals surface area (Å²) in [7, 11) is 0. The van der Waals surface area contributed by atoms with Crippen LogP contribution in [-0.4, -0.2) is 201 Å². The van der Waals surface area contributed by atoms with Gasteiger partial charge >= 0.3 is 23.9 Å². The van der Waals surface area contributed by atoms with E-state index in [1.54, 1.807) is 0 Å². The fraction of sp³-hybridized carbons (Fsp3) is 0.941. The number of carbonyl (C=O) groups excluding carboxylic acids is 4. The molecule has 506 valence electrons. The van der Waals surface area contributed by atoms with Gasteiger partial charge in [0.05, 0.1) is 130 Å². The van der Waals surface area contributed by atoms with Gasteiger partial charge in [0.2, 0.25) is 0 Å². The molecule has 0 aromatic rings. The predicted octanol–water partition coefficient (Wildman–Crippen LogP) is 7.33. The van der Waals surface area contributed by atoms with E-state index in [1.165, 1.54) is 0 Å². The van der Waals surface area contributed by atoms with Gasteiger partial charge in [-0.25, -0.2) is 9.59 Å². The maximum atomic E-state index is 14.6. The summed E-state index contributed by atoms with van der Waals surface area (Å²) in [6, 6.07) is 0. The number of aliphatic hydroxyl groups excluding tert-OH is 4. The number of hydrogen-bond donors (Lipinski definition) is 4. The van der Waals surface area contributed by atoms with E-state index >= 15 is 0 Å². The maximum Gasteiger partial charge on any atom is 0.332 e. The molecule has 0 aromatic carbocycles. The highest BCUT2D eigenvalue weighted by Crippen LogP contribution is 2.70. The number of aliphatic hydroxyl groups is 4. The summed E-state index contributed by atoms with van der Waals surface area (Å²) in [4.78, 5) is 56.9. The standard InChI is InChI=1S/C68H114O20/c1-45(53-11-13-55-51-9-7-47-39-49(71)15-19-65(47,3)57(51)17-21-67(53,55)5)63(75)85-41-59(87-61(73)43-83-37-35-81-33-31-79-29-27-77-25-23-69)60(88-62(74)44-84-38-36-82-34-32-80-30-28-78-26-24-70)42-86-64(76)46(2)54-12-14-56-52-10-8-48-40-50(72)16-20-66(48,4)58(52)18-22-68(54,56)6/h45-60,69-72H,7-44H2,1-6H3/t45-,46-,47-,48-,49-,50-,51-,52-,53+,54+,55-,56-,57-,58-,59?,60?,65-,66-,67+,68+/m0/s1. The van der Waals surface area contributed by atoms with Gasteiger partial charge in [0.15, 0.2) is 12.2 Å². The first-order valence-corrected chi connectivity index (χ1v) is 34.3. The average molecular weight is 1250 g/mol. The van der Waals surface area contributed by atoms with Crippen LogP contribution in [-0.2, 0) is 76.0 Å². The van der Waals surface area contributed by atoms with E-state index in [2.05, 4.69) is 27.7 Å². The summed E-state index contributed by atoms with van der Waals surface area (Å²) < 4.78 is 68.5. The van der Waals surface area contributed by atoms with Gasteiger partial charge in [-0.1, -0.05) is 41.5 Å². The Morgan fingerprint density at radius 2 is 0.716 bits per heavy atom. The monoisotopic (exact) mass is 1250 g/mol. The predicted molar refractivity (Wildman–Crippen MR) is 323 cm³/mol. The number of rotatable bonds is 37. The number of carbonyl (C=O) groups is 4. The molecule has 0 aromatic heterocycles. The average Bonchev–Trinajstić information content (AvgIpc) is 1.61. The van der Waals surface area contributed by atoms with Crippen molar-refractivity contribution >= 4 is 23.9 Å². The van der Waals surface area contributed by atoms with Gasteiger partial charge in [0.25, 0.3) is 0 Å². The molecule has 8 aliphatic rings. The van der Waals surface area contributed by atoms with Crippen molar-refractivity contribution in [2.75, 3.05) is 132 Å². The second-order valence-electron chi connectivity index (χ2n) is 28.7. The third kappa shape index (κ3) is 17.6. The second kappa shape index (κ2) is 34.0. The molecule has 8 aliphatic carbocycles. The molecule has 20 heteroatoms.